The summed E-state index contributed by atoms with van der Waals surface area (Å²) in [4.78, 5) is 2.31. The SMILES string of the molecule is COc1ccc(C2CNC(Nc3ccc(OCCN(C)CC(C)C)cc3)NC2)cc1. The predicted molar refractivity (Wildman–Crippen MR) is 123 cm³/mol. The average Bonchev–Trinajstić information content (AvgIpc) is 2.75. The van der Waals surface area contributed by atoms with Gasteiger partial charge in [0.05, 0.1) is 7.11 Å². The minimum atomic E-state index is 0.0518. The number of benzene rings is 2. The second-order valence-electron chi connectivity index (χ2n) is 8.39. The van der Waals surface area contributed by atoms with Gasteiger partial charge in [0, 0.05) is 37.8 Å². The molecule has 0 radical (unpaired) electrons. The third-order valence-corrected chi connectivity index (χ3v) is 5.31. The Morgan fingerprint density at radius 3 is 2.23 bits per heavy atom. The van der Waals surface area contributed by atoms with Crippen molar-refractivity contribution in [2.75, 3.05) is 52.3 Å². The summed E-state index contributed by atoms with van der Waals surface area (Å²) in [6.07, 6.45) is 0.0518. The molecule has 2 aromatic carbocycles. The van der Waals surface area contributed by atoms with Gasteiger partial charge in [-0.15, -0.1) is 0 Å². The Balaban J connectivity index is 1.39. The standard InChI is InChI=1S/C24H36N4O2/c1-18(2)17-28(3)13-14-30-23-11-7-21(8-12-23)27-24-25-15-20(16-26-24)19-5-9-22(29-4)10-6-19/h5-12,18,20,24-27H,13-17H2,1-4H3. The number of rotatable bonds is 10. The van der Waals surface area contributed by atoms with Crippen molar-refractivity contribution >= 4 is 5.69 Å². The molecule has 1 saturated heterocycles. The van der Waals surface area contributed by atoms with E-state index in [0.717, 1.165) is 43.4 Å². The molecule has 3 rings (SSSR count). The van der Waals surface area contributed by atoms with Crippen LogP contribution in [0.3, 0.4) is 0 Å². The highest BCUT2D eigenvalue weighted by atomic mass is 16.5. The first kappa shape index (κ1) is 22.4. The molecule has 6 heteroatoms. The van der Waals surface area contributed by atoms with Gasteiger partial charge < -0.3 is 19.7 Å². The van der Waals surface area contributed by atoms with Crippen LogP contribution in [0.4, 0.5) is 5.69 Å². The van der Waals surface area contributed by atoms with Crippen molar-refractivity contribution in [3.05, 3.63) is 54.1 Å². The summed E-state index contributed by atoms with van der Waals surface area (Å²) in [7, 11) is 3.83. The number of hydrogen-bond donors (Lipinski definition) is 3. The lowest BCUT2D eigenvalue weighted by Gasteiger charge is -2.32. The summed E-state index contributed by atoms with van der Waals surface area (Å²) in [5.74, 6) is 2.92. The summed E-state index contributed by atoms with van der Waals surface area (Å²) in [6.45, 7) is 9.03. The second kappa shape index (κ2) is 11.2. The molecule has 0 amide bonds. The number of hydrogen-bond acceptors (Lipinski definition) is 6. The highest BCUT2D eigenvalue weighted by molar-refractivity contribution is 5.47. The monoisotopic (exact) mass is 412 g/mol. The zero-order valence-electron chi connectivity index (χ0n) is 18.7. The first-order chi connectivity index (χ1) is 14.5. The van der Waals surface area contributed by atoms with Crippen molar-refractivity contribution in [1.29, 1.82) is 0 Å². The molecule has 1 heterocycles. The van der Waals surface area contributed by atoms with Crippen LogP contribution in [0.2, 0.25) is 0 Å². The Labute approximate surface area is 180 Å². The second-order valence-corrected chi connectivity index (χ2v) is 8.39. The summed E-state index contributed by atoms with van der Waals surface area (Å²) < 4.78 is 11.1. The molecule has 2 aromatic rings. The van der Waals surface area contributed by atoms with E-state index in [9.17, 15) is 0 Å². The summed E-state index contributed by atoms with van der Waals surface area (Å²) in [5.41, 5.74) is 2.38. The molecule has 0 unspecified atom stereocenters. The van der Waals surface area contributed by atoms with Crippen LogP contribution < -0.4 is 25.4 Å². The van der Waals surface area contributed by atoms with Crippen LogP contribution >= 0.6 is 0 Å². The number of ether oxygens (including phenoxy) is 2. The third kappa shape index (κ3) is 6.90. The Bertz CT molecular complexity index is 741. The van der Waals surface area contributed by atoms with E-state index in [1.54, 1.807) is 7.11 Å². The van der Waals surface area contributed by atoms with Crippen molar-refractivity contribution in [3.63, 3.8) is 0 Å². The van der Waals surface area contributed by atoms with Gasteiger partial charge in [-0.3, -0.25) is 10.6 Å². The Kier molecular flexibility index (Phi) is 8.37. The number of nitrogens with zero attached hydrogens (tertiary/aromatic N) is 1. The minimum Gasteiger partial charge on any atom is -0.497 e. The van der Waals surface area contributed by atoms with Crippen molar-refractivity contribution in [3.8, 4) is 11.5 Å². The lowest BCUT2D eigenvalue weighted by molar-refractivity contribution is 0.223. The Morgan fingerprint density at radius 1 is 1.00 bits per heavy atom. The first-order valence-electron chi connectivity index (χ1n) is 10.8. The van der Waals surface area contributed by atoms with Crippen LogP contribution in [0.25, 0.3) is 0 Å². The van der Waals surface area contributed by atoms with Crippen molar-refractivity contribution in [2.24, 2.45) is 5.92 Å². The normalized spacial score (nSPS) is 19.1. The van der Waals surface area contributed by atoms with E-state index in [4.69, 9.17) is 9.47 Å². The zero-order chi connectivity index (χ0) is 21.3. The van der Waals surface area contributed by atoms with E-state index < -0.39 is 0 Å². The fourth-order valence-electron chi connectivity index (χ4n) is 3.73. The lowest BCUT2D eigenvalue weighted by Crippen LogP contribution is -2.55. The van der Waals surface area contributed by atoms with Crippen LogP contribution in [0.1, 0.15) is 25.3 Å². The average molecular weight is 413 g/mol. The van der Waals surface area contributed by atoms with Crippen LogP contribution in [-0.2, 0) is 0 Å². The van der Waals surface area contributed by atoms with E-state index >= 15 is 0 Å². The topological polar surface area (TPSA) is 57.8 Å². The zero-order valence-corrected chi connectivity index (χ0v) is 18.7. The molecule has 1 aliphatic heterocycles. The highest BCUT2D eigenvalue weighted by Gasteiger charge is 2.21. The number of nitrogens with one attached hydrogen (secondary N) is 3. The number of methoxy groups -OCH3 is 1. The quantitative estimate of drug-likeness (QED) is 0.557. The first-order valence-corrected chi connectivity index (χ1v) is 10.8. The molecular formula is C24H36N4O2. The largest absolute Gasteiger partial charge is 0.497 e. The highest BCUT2D eigenvalue weighted by Crippen LogP contribution is 2.21. The molecule has 0 bridgehead atoms. The van der Waals surface area contributed by atoms with Gasteiger partial charge in [-0.25, -0.2) is 0 Å². The van der Waals surface area contributed by atoms with E-state index in [2.05, 4.69) is 66.0 Å². The molecule has 0 spiro atoms. The van der Waals surface area contributed by atoms with Crippen molar-refractivity contribution in [2.45, 2.75) is 26.1 Å². The maximum Gasteiger partial charge on any atom is 0.132 e. The molecule has 0 aliphatic carbocycles. The molecule has 164 valence electrons. The van der Waals surface area contributed by atoms with E-state index in [1.165, 1.54) is 5.56 Å². The van der Waals surface area contributed by atoms with Crippen molar-refractivity contribution < 1.29 is 9.47 Å². The molecular weight excluding hydrogens is 376 g/mol. The molecule has 6 nitrogen and oxygen atoms in total. The minimum absolute atomic E-state index is 0.0518. The molecule has 0 saturated carbocycles. The molecule has 3 N–H and O–H groups in total. The van der Waals surface area contributed by atoms with E-state index in [1.807, 2.05) is 24.3 Å². The van der Waals surface area contributed by atoms with Crippen LogP contribution in [0, 0.1) is 5.92 Å². The number of anilines is 1. The molecule has 30 heavy (non-hydrogen) atoms. The Morgan fingerprint density at radius 2 is 1.63 bits per heavy atom. The maximum atomic E-state index is 5.87. The van der Waals surface area contributed by atoms with E-state index in [0.29, 0.717) is 18.4 Å². The third-order valence-electron chi connectivity index (χ3n) is 5.31. The van der Waals surface area contributed by atoms with Gasteiger partial charge in [0.15, 0.2) is 0 Å². The van der Waals surface area contributed by atoms with Gasteiger partial charge in [0.1, 0.15) is 24.4 Å². The molecule has 0 atom stereocenters. The van der Waals surface area contributed by atoms with E-state index in [-0.39, 0.29) is 6.29 Å². The summed E-state index contributed by atoms with van der Waals surface area (Å²) in [6, 6.07) is 16.5. The van der Waals surface area contributed by atoms with Crippen LogP contribution in [0.5, 0.6) is 11.5 Å². The predicted octanol–water partition coefficient (Wildman–Crippen LogP) is 3.33. The molecule has 1 aliphatic rings. The molecule has 1 fully saturated rings. The van der Waals surface area contributed by atoms with Crippen molar-refractivity contribution in [1.82, 2.24) is 15.5 Å². The van der Waals surface area contributed by atoms with Gasteiger partial charge in [-0.1, -0.05) is 26.0 Å². The fraction of sp³-hybridized carbons (Fsp3) is 0.500. The summed E-state index contributed by atoms with van der Waals surface area (Å²) in [5, 5.41) is 10.6. The van der Waals surface area contributed by atoms with Gasteiger partial charge in [-0.05, 0) is 54.9 Å². The van der Waals surface area contributed by atoms with Crippen LogP contribution in [0.15, 0.2) is 48.5 Å². The Hall–Kier alpha value is -2.28. The van der Waals surface area contributed by atoms with Crippen LogP contribution in [-0.4, -0.2) is 58.1 Å². The lowest BCUT2D eigenvalue weighted by atomic mass is 9.97. The fourth-order valence-corrected chi connectivity index (χ4v) is 3.73. The van der Waals surface area contributed by atoms with Gasteiger partial charge in [0.25, 0.3) is 0 Å². The van der Waals surface area contributed by atoms with Gasteiger partial charge in [-0.2, -0.15) is 0 Å². The number of likely N-dealkylation sites (N-methyl/N-ethyl adjacent to an activating group) is 1. The maximum absolute atomic E-state index is 5.87. The smallest absolute Gasteiger partial charge is 0.132 e. The summed E-state index contributed by atoms with van der Waals surface area (Å²) >= 11 is 0. The van der Waals surface area contributed by atoms with Gasteiger partial charge in [0.2, 0.25) is 0 Å². The van der Waals surface area contributed by atoms with Gasteiger partial charge >= 0.3 is 0 Å². The molecule has 0 aromatic heterocycles.